The van der Waals surface area contributed by atoms with Gasteiger partial charge < -0.3 is 0 Å². The minimum absolute atomic E-state index is 0.923. The molecule has 0 atom stereocenters. The second-order valence-electron chi connectivity index (χ2n) is 12.1. The number of allylic oxidation sites excluding steroid dienone is 4. The first kappa shape index (κ1) is 26.5. The van der Waals surface area contributed by atoms with Gasteiger partial charge in [0.15, 0.2) is 0 Å². The van der Waals surface area contributed by atoms with E-state index in [1.54, 1.807) is 0 Å². The molecule has 1 aliphatic carbocycles. The van der Waals surface area contributed by atoms with Crippen molar-refractivity contribution in [3.63, 3.8) is 0 Å². The maximum atomic E-state index is 5.38. The first-order chi connectivity index (χ1) is 22.8. The zero-order chi connectivity index (χ0) is 30.5. The summed E-state index contributed by atoms with van der Waals surface area (Å²) >= 11 is 0. The third kappa shape index (κ3) is 4.42. The van der Waals surface area contributed by atoms with Gasteiger partial charge in [-0.05, 0) is 97.1 Å². The van der Waals surface area contributed by atoms with Gasteiger partial charge in [0.2, 0.25) is 0 Å². The van der Waals surface area contributed by atoms with Gasteiger partial charge in [-0.1, -0.05) is 121 Å². The molecule has 2 aromatic heterocycles. The van der Waals surface area contributed by atoms with E-state index in [0.717, 1.165) is 46.1 Å². The number of pyridine rings is 2. The van der Waals surface area contributed by atoms with Gasteiger partial charge >= 0.3 is 0 Å². The fourth-order valence-electron chi connectivity index (χ4n) is 7.16. The van der Waals surface area contributed by atoms with Crippen LogP contribution in [0.1, 0.15) is 18.4 Å². The molecular formula is C44H30N2. The van der Waals surface area contributed by atoms with Gasteiger partial charge in [0.1, 0.15) is 0 Å². The molecule has 0 saturated heterocycles. The number of fused-ring (bicyclic) bond motifs is 4. The molecule has 216 valence electrons. The number of hydrogen-bond donors (Lipinski definition) is 0. The predicted octanol–water partition coefficient (Wildman–Crippen LogP) is 11.8. The van der Waals surface area contributed by atoms with Crippen molar-refractivity contribution in [1.29, 1.82) is 0 Å². The van der Waals surface area contributed by atoms with E-state index in [0.29, 0.717) is 0 Å². The monoisotopic (exact) mass is 586 g/mol. The molecule has 0 unspecified atom stereocenters. The van der Waals surface area contributed by atoms with E-state index in [1.165, 1.54) is 54.6 Å². The van der Waals surface area contributed by atoms with Crippen molar-refractivity contribution >= 4 is 48.7 Å². The van der Waals surface area contributed by atoms with Crippen molar-refractivity contribution in [2.24, 2.45) is 0 Å². The maximum absolute atomic E-state index is 5.38. The molecule has 0 fully saturated rings. The van der Waals surface area contributed by atoms with Crippen LogP contribution >= 0.6 is 0 Å². The summed E-state index contributed by atoms with van der Waals surface area (Å²) in [6.07, 6.45) is 12.9. The van der Waals surface area contributed by atoms with Crippen LogP contribution in [0.25, 0.3) is 82.3 Å². The van der Waals surface area contributed by atoms with Crippen LogP contribution in [0, 0.1) is 0 Å². The van der Waals surface area contributed by atoms with Crippen molar-refractivity contribution in [1.82, 2.24) is 9.97 Å². The van der Waals surface area contributed by atoms with E-state index in [-0.39, 0.29) is 0 Å². The van der Waals surface area contributed by atoms with Gasteiger partial charge in [-0.3, -0.25) is 4.98 Å². The number of benzene rings is 6. The average Bonchev–Trinajstić information content (AvgIpc) is 3.13. The second kappa shape index (κ2) is 10.9. The summed E-state index contributed by atoms with van der Waals surface area (Å²) in [4.78, 5) is 9.95. The summed E-state index contributed by atoms with van der Waals surface area (Å²) in [5.74, 6) is 0. The molecule has 0 saturated carbocycles. The minimum Gasteiger partial charge on any atom is -0.263 e. The molecule has 9 rings (SSSR count). The lowest BCUT2D eigenvalue weighted by atomic mass is 9.85. The van der Waals surface area contributed by atoms with Gasteiger partial charge in [-0.2, -0.15) is 0 Å². The summed E-state index contributed by atoms with van der Waals surface area (Å²) < 4.78 is 0. The molecule has 0 spiro atoms. The normalized spacial score (nSPS) is 13.1. The van der Waals surface area contributed by atoms with Crippen LogP contribution in [-0.2, 0) is 0 Å². The van der Waals surface area contributed by atoms with Crippen LogP contribution in [0.5, 0.6) is 0 Å². The van der Waals surface area contributed by atoms with Gasteiger partial charge in [0.25, 0.3) is 0 Å². The Labute approximate surface area is 268 Å². The summed E-state index contributed by atoms with van der Waals surface area (Å²) in [5.41, 5.74) is 9.08. The molecule has 0 N–H and O–H groups in total. The van der Waals surface area contributed by atoms with Gasteiger partial charge in [0, 0.05) is 28.9 Å². The van der Waals surface area contributed by atoms with Crippen molar-refractivity contribution in [3.05, 3.63) is 164 Å². The maximum Gasteiger partial charge on any atom is 0.0731 e. The fraction of sp³-hybridized carbons (Fsp3) is 0.0455. The van der Waals surface area contributed by atoms with E-state index in [9.17, 15) is 0 Å². The summed E-state index contributed by atoms with van der Waals surface area (Å²) in [6.45, 7) is 0. The second-order valence-corrected chi connectivity index (χ2v) is 12.1. The first-order valence-electron chi connectivity index (χ1n) is 16.0. The largest absolute Gasteiger partial charge is 0.263 e. The Morgan fingerprint density at radius 2 is 1.17 bits per heavy atom. The minimum atomic E-state index is 0.923. The van der Waals surface area contributed by atoms with Gasteiger partial charge in [-0.25, -0.2) is 4.98 Å². The molecule has 6 aromatic carbocycles. The summed E-state index contributed by atoms with van der Waals surface area (Å²) in [6, 6.07) is 46.1. The van der Waals surface area contributed by atoms with Crippen LogP contribution in [0.15, 0.2) is 158 Å². The van der Waals surface area contributed by atoms with Crippen LogP contribution in [-0.4, -0.2) is 9.97 Å². The Morgan fingerprint density at radius 3 is 2.02 bits per heavy atom. The standard InChI is InChI=1S/C44H30N2/c1-2-11-29(12-3-1)32-23-24-38-39(26-32)44(42-20-10-19-41(46-42)40-28-45-27-34-15-6-7-16-35(34)40)37-18-9-8-17-36(37)43(38)33-22-21-30-13-4-5-14-31(30)25-33/h2,4-28H,1,3H2. The Bertz CT molecular complexity index is 2530. The molecule has 46 heavy (non-hydrogen) atoms. The molecule has 0 amide bonds. The van der Waals surface area contributed by atoms with Crippen molar-refractivity contribution < 1.29 is 0 Å². The molecule has 0 bridgehead atoms. The first-order valence-corrected chi connectivity index (χ1v) is 16.0. The molecule has 2 nitrogen and oxygen atoms in total. The van der Waals surface area contributed by atoms with Gasteiger partial charge in [-0.15, -0.1) is 0 Å². The highest BCUT2D eigenvalue weighted by Crippen LogP contribution is 2.45. The number of rotatable bonds is 4. The van der Waals surface area contributed by atoms with Crippen molar-refractivity contribution in [2.45, 2.75) is 12.8 Å². The Balaban J connectivity index is 1.36. The SMILES string of the molecule is C1=CC(c2ccc3c(-c4ccc5ccccc5c4)c4ccccc4c(-c4cccc(-c5cncc6ccccc56)n4)c3c2)=CCC1. The van der Waals surface area contributed by atoms with E-state index >= 15 is 0 Å². The summed E-state index contributed by atoms with van der Waals surface area (Å²) in [7, 11) is 0. The summed E-state index contributed by atoms with van der Waals surface area (Å²) in [5, 5.41) is 9.62. The van der Waals surface area contributed by atoms with E-state index < -0.39 is 0 Å². The lowest BCUT2D eigenvalue weighted by Gasteiger charge is -2.19. The molecular weight excluding hydrogens is 556 g/mol. The highest BCUT2D eigenvalue weighted by Gasteiger charge is 2.19. The number of hydrogen-bond acceptors (Lipinski definition) is 2. The van der Waals surface area contributed by atoms with Crippen LogP contribution in [0.4, 0.5) is 0 Å². The third-order valence-corrected chi connectivity index (χ3v) is 9.34. The fourth-order valence-corrected chi connectivity index (χ4v) is 7.16. The van der Waals surface area contributed by atoms with Crippen molar-refractivity contribution in [2.75, 3.05) is 0 Å². The quantitative estimate of drug-likeness (QED) is 0.192. The molecule has 0 radical (unpaired) electrons. The molecule has 2 heterocycles. The van der Waals surface area contributed by atoms with E-state index in [1.807, 2.05) is 12.4 Å². The van der Waals surface area contributed by atoms with Gasteiger partial charge in [0.05, 0.1) is 11.4 Å². The molecule has 8 aromatic rings. The average molecular weight is 587 g/mol. The lowest BCUT2D eigenvalue weighted by Crippen LogP contribution is -1.95. The topological polar surface area (TPSA) is 25.8 Å². The highest BCUT2D eigenvalue weighted by molar-refractivity contribution is 6.22. The molecule has 0 aliphatic heterocycles. The van der Waals surface area contributed by atoms with Crippen LogP contribution in [0.3, 0.4) is 0 Å². The Morgan fingerprint density at radius 1 is 0.457 bits per heavy atom. The third-order valence-electron chi connectivity index (χ3n) is 9.34. The van der Waals surface area contributed by atoms with E-state index in [2.05, 4.69) is 151 Å². The van der Waals surface area contributed by atoms with Crippen LogP contribution < -0.4 is 0 Å². The smallest absolute Gasteiger partial charge is 0.0731 e. The Hall–Kier alpha value is -5.86. The highest BCUT2D eigenvalue weighted by atomic mass is 14.7. The van der Waals surface area contributed by atoms with E-state index in [4.69, 9.17) is 4.98 Å². The van der Waals surface area contributed by atoms with Crippen LogP contribution in [0.2, 0.25) is 0 Å². The van der Waals surface area contributed by atoms with Crippen molar-refractivity contribution in [3.8, 4) is 33.6 Å². The zero-order valence-electron chi connectivity index (χ0n) is 25.3. The number of aromatic nitrogens is 2. The molecule has 1 aliphatic rings. The Kier molecular flexibility index (Phi) is 6.31. The predicted molar refractivity (Wildman–Crippen MR) is 195 cm³/mol. The molecule has 2 heteroatoms. The lowest BCUT2D eigenvalue weighted by molar-refractivity contribution is 1.04. The number of nitrogens with zero attached hydrogens (tertiary/aromatic N) is 2. The zero-order valence-corrected chi connectivity index (χ0v) is 25.3.